The van der Waals surface area contributed by atoms with Crippen molar-refractivity contribution in [3.8, 4) is 0 Å². The summed E-state index contributed by atoms with van der Waals surface area (Å²) in [5.74, 6) is 0.683. The molecule has 5 heteroatoms. The van der Waals surface area contributed by atoms with Crippen LogP contribution in [0.5, 0.6) is 0 Å². The summed E-state index contributed by atoms with van der Waals surface area (Å²) in [6.07, 6.45) is 10.7. The Morgan fingerprint density at radius 2 is 1.83 bits per heavy atom. The van der Waals surface area contributed by atoms with E-state index in [9.17, 15) is 4.79 Å². The molecule has 0 N–H and O–H groups in total. The molecule has 0 bridgehead atoms. The van der Waals surface area contributed by atoms with Crippen molar-refractivity contribution in [3.05, 3.63) is 22.3 Å². The molecule has 0 aromatic rings. The van der Waals surface area contributed by atoms with Crippen LogP contribution in [-0.4, -0.2) is 5.97 Å². The largest absolute Gasteiger partial charge is 1.00 e. The van der Waals surface area contributed by atoms with Crippen molar-refractivity contribution in [2.45, 2.75) is 75.9 Å². The summed E-state index contributed by atoms with van der Waals surface area (Å²) < 4.78 is 6.27. The van der Waals surface area contributed by atoms with Gasteiger partial charge in [-0.05, 0) is 0 Å². The first-order valence-corrected chi connectivity index (χ1v) is 10.2. The van der Waals surface area contributed by atoms with Gasteiger partial charge in [-0.1, -0.05) is 0 Å². The molecular formula is C18H26Cl2O2Ti. The number of hydrogen-bond donors (Lipinski definition) is 0. The molecule has 0 radical (unpaired) electrons. The number of halogens is 2. The van der Waals surface area contributed by atoms with Crippen molar-refractivity contribution in [1.29, 1.82) is 0 Å². The fourth-order valence-corrected chi connectivity index (χ4v) is 6.28. The van der Waals surface area contributed by atoms with Gasteiger partial charge in [0.15, 0.2) is 0 Å². The number of carbonyl (C=O) groups excluding carboxylic acids is 1. The van der Waals surface area contributed by atoms with Crippen molar-refractivity contribution >= 4 is 5.97 Å². The van der Waals surface area contributed by atoms with E-state index in [1.165, 1.54) is 44.9 Å². The van der Waals surface area contributed by atoms with E-state index in [1.807, 2.05) is 6.92 Å². The second-order valence-electron chi connectivity index (χ2n) is 6.65. The molecule has 0 aliphatic heterocycles. The molecule has 0 aromatic carbocycles. The molecule has 3 aliphatic rings. The van der Waals surface area contributed by atoms with E-state index in [1.54, 1.807) is 22.3 Å². The standard InChI is InChI=1S/C14H19.C4H8O2.2ClH.Ti/c1-10-11-6-2-4-8-13(11)14-9-5-3-7-12(10)14;1-2-3-4(5)6;;;/h6,10H,2-5,7-9H2,1H3;2-3H2,1H3,(H,5,6);2*1H;/q;;;;+3/p-3. The summed E-state index contributed by atoms with van der Waals surface area (Å²) in [6.45, 7) is 4.45. The predicted octanol–water partition coefficient (Wildman–Crippen LogP) is -0.875. The summed E-state index contributed by atoms with van der Waals surface area (Å²) >= 11 is -0.621. The second-order valence-corrected chi connectivity index (χ2v) is 8.43. The molecule has 0 amide bonds. The average Bonchev–Trinajstić information content (AvgIpc) is 2.80. The van der Waals surface area contributed by atoms with Gasteiger partial charge in [0.25, 0.3) is 0 Å². The smallest absolute Gasteiger partial charge is 1.00 e. The van der Waals surface area contributed by atoms with Crippen LogP contribution in [0.3, 0.4) is 0 Å². The number of rotatable bonds is 4. The summed E-state index contributed by atoms with van der Waals surface area (Å²) in [7, 11) is 0. The van der Waals surface area contributed by atoms with E-state index in [0.29, 0.717) is 16.6 Å². The molecule has 128 valence electrons. The van der Waals surface area contributed by atoms with Crippen LogP contribution in [0.15, 0.2) is 22.3 Å². The summed E-state index contributed by atoms with van der Waals surface area (Å²) in [5, 5.41) is 0. The fourth-order valence-electron chi connectivity index (χ4n) is 4.33. The van der Waals surface area contributed by atoms with Gasteiger partial charge >= 0.3 is 138 Å². The van der Waals surface area contributed by atoms with E-state index < -0.39 is 19.5 Å². The van der Waals surface area contributed by atoms with Crippen LogP contribution in [0.2, 0.25) is 4.22 Å². The van der Waals surface area contributed by atoms with Crippen LogP contribution in [0, 0.1) is 5.92 Å². The Kier molecular flexibility index (Phi) is 8.94. The van der Waals surface area contributed by atoms with Crippen LogP contribution in [0.1, 0.15) is 71.6 Å². The van der Waals surface area contributed by atoms with Crippen LogP contribution in [-0.2, 0) is 27.7 Å². The zero-order valence-electron chi connectivity index (χ0n) is 14.1. The first-order valence-electron chi connectivity index (χ1n) is 8.62. The maximum absolute atomic E-state index is 11.7. The van der Waals surface area contributed by atoms with Gasteiger partial charge in [0.05, 0.1) is 0 Å². The number of fused-ring (bicyclic) bond motifs is 1. The third kappa shape index (κ3) is 4.45. The fraction of sp³-hybridized carbons (Fsp3) is 0.722. The van der Waals surface area contributed by atoms with Crippen LogP contribution >= 0.6 is 0 Å². The summed E-state index contributed by atoms with van der Waals surface area (Å²) in [5.41, 5.74) is 6.85. The van der Waals surface area contributed by atoms with Gasteiger partial charge < -0.3 is 24.8 Å². The maximum Gasteiger partial charge on any atom is -1.00 e. The van der Waals surface area contributed by atoms with E-state index >= 15 is 0 Å². The van der Waals surface area contributed by atoms with Crippen molar-refractivity contribution < 1.29 is 52.5 Å². The Morgan fingerprint density at radius 3 is 2.57 bits per heavy atom. The van der Waals surface area contributed by atoms with Crippen LogP contribution in [0.25, 0.3) is 0 Å². The summed E-state index contributed by atoms with van der Waals surface area (Å²) in [4.78, 5) is 11.7. The molecule has 2 nitrogen and oxygen atoms in total. The molecule has 0 aromatic heterocycles. The Balaban J connectivity index is 0.00000132. The van der Waals surface area contributed by atoms with Crippen molar-refractivity contribution in [2.24, 2.45) is 5.92 Å². The van der Waals surface area contributed by atoms with Gasteiger partial charge in [0.2, 0.25) is 0 Å². The van der Waals surface area contributed by atoms with Gasteiger partial charge in [0, 0.05) is 0 Å². The van der Waals surface area contributed by atoms with Gasteiger partial charge in [-0.25, -0.2) is 0 Å². The monoisotopic (exact) mass is 392 g/mol. The molecule has 2 atom stereocenters. The Morgan fingerprint density at radius 1 is 1.13 bits per heavy atom. The SMILES string of the molecule is CCCC(=O)[O][Ti+2][CH]1CCCC2=C1C(C)C1=C2CCCC1.[Cl-].[Cl-]. The van der Waals surface area contributed by atoms with Gasteiger partial charge in [-0.2, -0.15) is 0 Å². The van der Waals surface area contributed by atoms with Crippen molar-refractivity contribution in [2.75, 3.05) is 0 Å². The zero-order chi connectivity index (χ0) is 14.8. The third-order valence-corrected chi connectivity index (χ3v) is 7.20. The number of allylic oxidation sites excluding steroid dienone is 4. The molecular weight excluding hydrogens is 367 g/mol. The quantitative estimate of drug-likeness (QED) is 0.581. The molecule has 0 spiro atoms. The van der Waals surface area contributed by atoms with Gasteiger partial charge in [0.1, 0.15) is 0 Å². The van der Waals surface area contributed by atoms with Crippen molar-refractivity contribution in [1.82, 2.24) is 0 Å². The predicted molar refractivity (Wildman–Crippen MR) is 80.3 cm³/mol. The van der Waals surface area contributed by atoms with E-state index in [2.05, 4.69) is 6.92 Å². The number of hydrogen-bond acceptors (Lipinski definition) is 2. The van der Waals surface area contributed by atoms with Gasteiger partial charge in [-0.3, -0.25) is 0 Å². The van der Waals surface area contributed by atoms with Crippen molar-refractivity contribution in [3.63, 3.8) is 0 Å². The third-order valence-electron chi connectivity index (χ3n) is 5.28. The minimum absolute atomic E-state index is 0. The molecule has 23 heavy (non-hydrogen) atoms. The van der Waals surface area contributed by atoms with E-state index in [0.717, 1.165) is 6.42 Å². The molecule has 0 saturated heterocycles. The first-order chi connectivity index (χ1) is 10.2. The van der Waals surface area contributed by atoms with Crippen LogP contribution < -0.4 is 24.8 Å². The first kappa shape index (κ1) is 21.3. The Labute approximate surface area is 162 Å². The Hall–Kier alpha value is 0.244. The average molecular weight is 393 g/mol. The van der Waals surface area contributed by atoms with Gasteiger partial charge in [-0.15, -0.1) is 0 Å². The molecule has 0 heterocycles. The summed E-state index contributed by atoms with van der Waals surface area (Å²) in [6, 6.07) is 0. The van der Waals surface area contributed by atoms with Crippen LogP contribution in [0.4, 0.5) is 0 Å². The van der Waals surface area contributed by atoms with E-state index in [4.69, 9.17) is 3.32 Å². The van der Waals surface area contributed by atoms with E-state index in [-0.39, 0.29) is 30.8 Å². The maximum atomic E-state index is 11.7. The number of carbonyl (C=O) groups is 1. The molecule has 2 unspecified atom stereocenters. The topological polar surface area (TPSA) is 26.3 Å². The zero-order valence-corrected chi connectivity index (χ0v) is 17.2. The molecule has 3 rings (SSSR count). The Bertz CT molecular complexity index is 499. The molecule has 3 aliphatic carbocycles. The minimum atomic E-state index is -0.621. The molecule has 0 fully saturated rings. The normalized spacial score (nSPS) is 25.7. The second kappa shape index (κ2) is 9.66. The molecule has 0 saturated carbocycles. The minimum Gasteiger partial charge on any atom is -1.00 e.